The molecule has 0 saturated carbocycles. The van der Waals surface area contributed by atoms with Crippen LogP contribution in [0.25, 0.3) is 16.0 Å². The van der Waals surface area contributed by atoms with Crippen LogP contribution in [0.5, 0.6) is 0 Å². The van der Waals surface area contributed by atoms with Gasteiger partial charge in [-0.25, -0.2) is 18.4 Å². The number of hydrogen-bond donors (Lipinski definition) is 2. The van der Waals surface area contributed by atoms with E-state index in [4.69, 9.17) is 4.98 Å². The first-order chi connectivity index (χ1) is 21.0. The van der Waals surface area contributed by atoms with Crippen molar-refractivity contribution in [3.63, 3.8) is 0 Å². The summed E-state index contributed by atoms with van der Waals surface area (Å²) in [6, 6.07) is 12.7. The van der Waals surface area contributed by atoms with Crippen LogP contribution in [0.1, 0.15) is 48.8 Å². The van der Waals surface area contributed by atoms with Gasteiger partial charge in [-0.05, 0) is 54.2 Å². The Labute approximate surface area is 258 Å². The van der Waals surface area contributed by atoms with E-state index >= 15 is 0 Å². The monoisotopic (exact) mass is 620 g/mol. The molecule has 3 aromatic heterocycles. The number of carbonyl (C=O) groups is 2. The minimum absolute atomic E-state index is 0.111. The predicted octanol–water partition coefficient (Wildman–Crippen LogP) is 5.38. The first kappa shape index (κ1) is 31.0. The number of nitrogens with zero attached hydrogens (tertiary/aromatic N) is 6. The molecule has 4 aromatic rings. The summed E-state index contributed by atoms with van der Waals surface area (Å²) in [4.78, 5) is 33.8. The number of hydrogen-bond acceptors (Lipinski definition) is 7. The summed E-state index contributed by atoms with van der Waals surface area (Å²) in [6.45, 7) is 6.50. The van der Waals surface area contributed by atoms with Gasteiger partial charge in [0.2, 0.25) is 5.95 Å². The minimum atomic E-state index is -2.46. The number of nitriles is 1. The summed E-state index contributed by atoms with van der Waals surface area (Å²) < 4.78 is 28.9. The summed E-state index contributed by atoms with van der Waals surface area (Å²) in [7, 11) is 0. The number of thiophene rings is 1. The van der Waals surface area contributed by atoms with Crippen molar-refractivity contribution in [3.8, 4) is 11.1 Å². The van der Waals surface area contributed by atoms with Crippen molar-refractivity contribution in [1.29, 1.82) is 5.26 Å². The van der Waals surface area contributed by atoms with Gasteiger partial charge in [-0.2, -0.15) is 10.4 Å². The maximum atomic E-state index is 13.5. The maximum Gasteiger partial charge on any atom is 0.268 e. The van der Waals surface area contributed by atoms with E-state index in [0.717, 1.165) is 28.9 Å². The highest BCUT2D eigenvalue weighted by atomic mass is 32.1. The average molecular weight is 621 g/mol. The van der Waals surface area contributed by atoms with Gasteiger partial charge >= 0.3 is 0 Å². The van der Waals surface area contributed by atoms with Crippen molar-refractivity contribution in [3.05, 3.63) is 70.9 Å². The molecule has 1 saturated heterocycles. The van der Waals surface area contributed by atoms with Crippen molar-refractivity contribution in [1.82, 2.24) is 29.5 Å². The summed E-state index contributed by atoms with van der Waals surface area (Å²) >= 11 is 1.28. The number of halogens is 2. The Morgan fingerprint density at radius 2 is 2.07 bits per heavy atom. The molecule has 2 amide bonds. The van der Waals surface area contributed by atoms with Gasteiger partial charge in [-0.1, -0.05) is 32.9 Å². The van der Waals surface area contributed by atoms with Crippen LogP contribution in [0.3, 0.4) is 0 Å². The molecule has 0 aliphatic carbocycles. The summed E-state index contributed by atoms with van der Waals surface area (Å²) in [5.41, 5.74) is 1.86. The Kier molecular flexibility index (Phi) is 9.22. The van der Waals surface area contributed by atoms with Crippen LogP contribution in [-0.2, 0) is 17.9 Å². The number of amides is 2. The number of benzene rings is 1. The van der Waals surface area contributed by atoms with Crippen molar-refractivity contribution in [2.75, 3.05) is 18.4 Å². The molecule has 0 bridgehead atoms. The largest absolute Gasteiger partial charge is 0.333 e. The van der Waals surface area contributed by atoms with Gasteiger partial charge in [-0.15, -0.1) is 11.3 Å². The number of allylic oxidation sites excluding steroid dienone is 1. The van der Waals surface area contributed by atoms with Crippen LogP contribution in [-0.4, -0.2) is 61.6 Å². The molecule has 4 heterocycles. The summed E-state index contributed by atoms with van der Waals surface area (Å²) in [5, 5.41) is 20.4. The third-order valence-electron chi connectivity index (χ3n) is 7.17. The fourth-order valence-electron chi connectivity index (χ4n) is 5.26. The lowest BCUT2D eigenvalue weighted by molar-refractivity contribution is -0.127. The number of rotatable bonds is 10. The highest BCUT2D eigenvalue weighted by Gasteiger charge is 2.32. The lowest BCUT2D eigenvalue weighted by Crippen LogP contribution is -2.39. The van der Waals surface area contributed by atoms with Crippen LogP contribution in [0.15, 0.2) is 60.4 Å². The standard InChI is InChI=1S/C31H34F2N8O2S/c1-31(2,3)15-21(16-34)29(43)39-12-4-6-22(39)19-40-24-8-7-20(17-35-18-26(32)33)14-23(24)37-30(40)38-28(42)25-9-10-27(44-25)41-13-5-11-36-41/h5,7-11,13-15,22,26,35H,4,6,12,17-19H2,1-3H3,(H,37,38,42)/b21-15+/t22-/m1/s1. The smallest absolute Gasteiger partial charge is 0.268 e. The van der Waals surface area contributed by atoms with E-state index in [9.17, 15) is 23.6 Å². The van der Waals surface area contributed by atoms with Gasteiger partial charge in [-0.3, -0.25) is 14.9 Å². The van der Waals surface area contributed by atoms with Gasteiger partial charge in [0, 0.05) is 32.0 Å². The molecule has 13 heteroatoms. The Morgan fingerprint density at radius 3 is 2.77 bits per heavy atom. The molecule has 0 spiro atoms. The second-order valence-corrected chi connectivity index (χ2v) is 12.8. The van der Waals surface area contributed by atoms with E-state index < -0.39 is 13.0 Å². The van der Waals surface area contributed by atoms with Crippen LogP contribution in [0, 0.1) is 16.7 Å². The molecule has 2 N–H and O–H groups in total. The zero-order valence-electron chi connectivity index (χ0n) is 24.8. The summed E-state index contributed by atoms with van der Waals surface area (Å²) in [5.74, 6) is -0.346. The second kappa shape index (κ2) is 13.1. The predicted molar refractivity (Wildman–Crippen MR) is 165 cm³/mol. The molecular weight excluding hydrogens is 586 g/mol. The molecular formula is C31H34F2N8O2S. The molecule has 1 aliphatic rings. The van der Waals surface area contributed by atoms with Crippen molar-refractivity contribution < 1.29 is 18.4 Å². The SMILES string of the molecule is CC(C)(C)/C=C(\C#N)C(=O)N1CCC[C@@H]1Cn1c(NC(=O)c2ccc(-n3cccn3)s2)nc2cc(CNCC(F)F)ccc21. The third-order valence-corrected chi connectivity index (χ3v) is 8.24. The Bertz CT molecular complexity index is 1710. The number of aromatic nitrogens is 4. The lowest BCUT2D eigenvalue weighted by Gasteiger charge is -2.26. The normalized spacial score (nSPS) is 15.7. The number of imidazole rings is 1. The number of nitrogens with one attached hydrogen (secondary N) is 2. The fourth-order valence-corrected chi connectivity index (χ4v) is 6.10. The van der Waals surface area contributed by atoms with E-state index in [-0.39, 0.29) is 35.4 Å². The van der Waals surface area contributed by atoms with Crippen LogP contribution in [0.4, 0.5) is 14.7 Å². The van der Waals surface area contributed by atoms with Crippen LogP contribution < -0.4 is 10.6 Å². The zero-order valence-corrected chi connectivity index (χ0v) is 25.6. The number of carbonyl (C=O) groups excluding carboxylic acids is 2. The topological polar surface area (TPSA) is 121 Å². The van der Waals surface area contributed by atoms with E-state index in [1.54, 1.807) is 46.3 Å². The van der Waals surface area contributed by atoms with Gasteiger partial charge in [0.15, 0.2) is 0 Å². The number of fused-ring (bicyclic) bond motifs is 1. The van der Waals surface area contributed by atoms with E-state index in [1.165, 1.54) is 11.3 Å². The van der Waals surface area contributed by atoms with E-state index in [2.05, 4.69) is 21.8 Å². The molecule has 230 valence electrons. The van der Waals surface area contributed by atoms with Gasteiger partial charge in [0.25, 0.3) is 18.2 Å². The molecule has 10 nitrogen and oxygen atoms in total. The van der Waals surface area contributed by atoms with Crippen LogP contribution in [0.2, 0.25) is 0 Å². The van der Waals surface area contributed by atoms with Crippen molar-refractivity contribution in [2.45, 2.75) is 59.2 Å². The van der Waals surface area contributed by atoms with Crippen molar-refractivity contribution in [2.24, 2.45) is 5.41 Å². The molecule has 1 aliphatic heterocycles. The van der Waals surface area contributed by atoms with E-state index in [0.29, 0.717) is 29.4 Å². The van der Waals surface area contributed by atoms with Gasteiger partial charge < -0.3 is 14.8 Å². The highest BCUT2D eigenvalue weighted by molar-refractivity contribution is 7.16. The minimum Gasteiger partial charge on any atom is -0.333 e. The van der Waals surface area contributed by atoms with Gasteiger partial charge in [0.05, 0.1) is 28.5 Å². The average Bonchev–Trinajstić information content (AvgIpc) is 3.78. The first-order valence-corrected chi connectivity index (χ1v) is 15.2. The summed E-state index contributed by atoms with van der Waals surface area (Å²) in [6.07, 6.45) is 4.21. The molecule has 1 fully saturated rings. The molecule has 0 radical (unpaired) electrons. The number of likely N-dealkylation sites (tertiary alicyclic amines) is 1. The highest BCUT2D eigenvalue weighted by Crippen LogP contribution is 2.29. The molecule has 0 unspecified atom stereocenters. The third kappa shape index (κ3) is 7.20. The Morgan fingerprint density at radius 1 is 1.25 bits per heavy atom. The molecule has 44 heavy (non-hydrogen) atoms. The Hall–Kier alpha value is -4.41. The van der Waals surface area contributed by atoms with Gasteiger partial charge in [0.1, 0.15) is 16.6 Å². The van der Waals surface area contributed by atoms with E-state index in [1.807, 2.05) is 43.5 Å². The molecule has 5 rings (SSSR count). The van der Waals surface area contributed by atoms with Crippen molar-refractivity contribution >= 4 is 40.1 Å². The zero-order chi connectivity index (χ0) is 31.4. The number of alkyl halides is 2. The Balaban J connectivity index is 1.45. The number of anilines is 1. The second-order valence-electron chi connectivity index (χ2n) is 11.8. The molecule has 1 atom stereocenters. The lowest BCUT2D eigenvalue weighted by atomic mass is 9.93. The fraction of sp³-hybridized carbons (Fsp3) is 0.387. The maximum absolute atomic E-state index is 13.5. The first-order valence-electron chi connectivity index (χ1n) is 14.4. The molecule has 1 aromatic carbocycles. The van der Waals surface area contributed by atoms with Crippen LogP contribution >= 0.6 is 11.3 Å². The quantitative estimate of drug-likeness (QED) is 0.182.